The summed E-state index contributed by atoms with van der Waals surface area (Å²) >= 11 is 0. The average Bonchev–Trinajstić information content (AvgIpc) is 2.28. The normalized spacial score (nSPS) is 19.8. The molecule has 2 N–H and O–H groups in total. The Hall–Kier alpha value is -1.03. The zero-order valence-corrected chi connectivity index (χ0v) is 10.3. The summed E-state index contributed by atoms with van der Waals surface area (Å²) in [4.78, 5) is 0. The van der Waals surface area contributed by atoms with E-state index in [-0.39, 0.29) is 5.54 Å². The van der Waals surface area contributed by atoms with Crippen LogP contribution in [0.4, 0.5) is 13.2 Å². The van der Waals surface area contributed by atoms with E-state index in [1.165, 1.54) is 18.6 Å². The van der Waals surface area contributed by atoms with E-state index in [0.29, 0.717) is 12.0 Å². The zero-order chi connectivity index (χ0) is 13.2. The van der Waals surface area contributed by atoms with E-state index in [9.17, 15) is 13.2 Å². The van der Waals surface area contributed by atoms with Crippen LogP contribution in [0.2, 0.25) is 0 Å². The van der Waals surface area contributed by atoms with Crippen molar-refractivity contribution >= 4 is 0 Å². The molecule has 0 radical (unpaired) electrons. The van der Waals surface area contributed by atoms with Crippen LogP contribution in [0.1, 0.15) is 43.2 Å². The highest BCUT2D eigenvalue weighted by Gasteiger charge is 2.32. The Morgan fingerprint density at radius 1 is 1.11 bits per heavy atom. The third-order valence-electron chi connectivity index (χ3n) is 3.66. The Morgan fingerprint density at radius 3 is 2.39 bits per heavy atom. The molecule has 0 saturated heterocycles. The van der Waals surface area contributed by atoms with Crippen molar-refractivity contribution in [2.24, 2.45) is 5.73 Å². The molecule has 0 aliphatic heterocycles. The summed E-state index contributed by atoms with van der Waals surface area (Å²) in [5, 5.41) is 0. The van der Waals surface area contributed by atoms with Gasteiger partial charge in [0.25, 0.3) is 0 Å². The van der Waals surface area contributed by atoms with Crippen LogP contribution in [0.3, 0.4) is 0 Å². The number of hydrogen-bond acceptors (Lipinski definition) is 1. The molecule has 0 bridgehead atoms. The van der Waals surface area contributed by atoms with Crippen LogP contribution in [0.5, 0.6) is 0 Å². The summed E-state index contributed by atoms with van der Waals surface area (Å²) < 4.78 is 37.8. The Kier molecular flexibility index (Phi) is 3.66. The topological polar surface area (TPSA) is 26.0 Å². The van der Waals surface area contributed by atoms with E-state index in [2.05, 4.69) is 0 Å². The number of halogens is 3. The highest BCUT2D eigenvalue weighted by atomic mass is 19.4. The quantitative estimate of drug-likeness (QED) is 0.854. The molecular weight excluding hydrogens is 239 g/mol. The van der Waals surface area contributed by atoms with Gasteiger partial charge in [-0.05, 0) is 30.9 Å². The molecule has 0 heterocycles. The Bertz CT molecular complexity index is 406. The van der Waals surface area contributed by atoms with Crippen molar-refractivity contribution in [3.63, 3.8) is 0 Å². The number of rotatable bonds is 2. The molecule has 0 aromatic heterocycles. The number of benzene rings is 1. The van der Waals surface area contributed by atoms with Gasteiger partial charge in [0.05, 0.1) is 5.56 Å². The van der Waals surface area contributed by atoms with Gasteiger partial charge in [-0.15, -0.1) is 0 Å². The van der Waals surface area contributed by atoms with E-state index < -0.39 is 11.7 Å². The molecule has 0 atom stereocenters. The largest absolute Gasteiger partial charge is 0.416 e. The molecule has 18 heavy (non-hydrogen) atoms. The summed E-state index contributed by atoms with van der Waals surface area (Å²) in [6.07, 6.45) is 1.42. The predicted molar refractivity (Wildman–Crippen MR) is 65.2 cm³/mol. The third-order valence-corrected chi connectivity index (χ3v) is 3.66. The van der Waals surface area contributed by atoms with Gasteiger partial charge < -0.3 is 5.73 Å². The van der Waals surface area contributed by atoms with Gasteiger partial charge >= 0.3 is 6.18 Å². The molecule has 0 amide bonds. The minimum absolute atomic E-state index is 0.317. The molecule has 1 aliphatic rings. The van der Waals surface area contributed by atoms with Crippen molar-refractivity contribution in [2.45, 2.75) is 50.2 Å². The third kappa shape index (κ3) is 3.25. The summed E-state index contributed by atoms with van der Waals surface area (Å²) in [6.45, 7) is 0. The first-order chi connectivity index (χ1) is 8.39. The fourth-order valence-electron chi connectivity index (χ4n) is 2.70. The lowest BCUT2D eigenvalue weighted by Crippen LogP contribution is -2.43. The van der Waals surface area contributed by atoms with Gasteiger partial charge in [-0.1, -0.05) is 37.5 Å². The van der Waals surface area contributed by atoms with Crippen molar-refractivity contribution in [2.75, 3.05) is 0 Å². The first-order valence-corrected chi connectivity index (χ1v) is 6.34. The van der Waals surface area contributed by atoms with Crippen molar-refractivity contribution in [1.29, 1.82) is 0 Å². The van der Waals surface area contributed by atoms with Crippen molar-refractivity contribution in [1.82, 2.24) is 0 Å². The van der Waals surface area contributed by atoms with E-state index in [4.69, 9.17) is 5.73 Å². The molecule has 1 aliphatic carbocycles. The van der Waals surface area contributed by atoms with E-state index in [1.54, 1.807) is 6.07 Å². The van der Waals surface area contributed by atoms with Crippen molar-refractivity contribution < 1.29 is 13.2 Å². The lowest BCUT2D eigenvalue weighted by Gasteiger charge is -2.33. The second-order valence-electron chi connectivity index (χ2n) is 5.30. The second kappa shape index (κ2) is 4.92. The molecule has 0 unspecified atom stereocenters. The monoisotopic (exact) mass is 257 g/mol. The fourth-order valence-corrected chi connectivity index (χ4v) is 2.70. The van der Waals surface area contributed by atoms with Crippen LogP contribution >= 0.6 is 0 Å². The standard InChI is InChI=1S/C14H18F3N/c15-14(16,17)12-6-4-5-11(9-12)10-13(18)7-2-1-3-8-13/h4-6,9H,1-3,7-8,10,18H2. The minimum Gasteiger partial charge on any atom is -0.325 e. The highest BCUT2D eigenvalue weighted by molar-refractivity contribution is 5.27. The molecule has 1 aromatic carbocycles. The van der Waals surface area contributed by atoms with Gasteiger partial charge in [-0.25, -0.2) is 0 Å². The SMILES string of the molecule is NC1(Cc2cccc(C(F)(F)F)c2)CCCCC1. The summed E-state index contributed by atoms with van der Waals surface area (Å²) in [7, 11) is 0. The first kappa shape index (κ1) is 13.4. The van der Waals surface area contributed by atoms with Crippen LogP contribution in [-0.4, -0.2) is 5.54 Å². The lowest BCUT2D eigenvalue weighted by atomic mass is 9.78. The lowest BCUT2D eigenvalue weighted by molar-refractivity contribution is -0.137. The summed E-state index contributed by atoms with van der Waals surface area (Å²) in [5.41, 5.74) is 6.06. The van der Waals surface area contributed by atoms with Gasteiger partial charge in [0.15, 0.2) is 0 Å². The number of nitrogens with two attached hydrogens (primary N) is 1. The van der Waals surface area contributed by atoms with Gasteiger partial charge in [-0.2, -0.15) is 13.2 Å². The molecule has 1 fully saturated rings. The molecule has 0 spiro atoms. The molecular formula is C14H18F3N. The second-order valence-corrected chi connectivity index (χ2v) is 5.30. The van der Waals surface area contributed by atoms with Crippen molar-refractivity contribution in [3.8, 4) is 0 Å². The molecule has 4 heteroatoms. The molecule has 100 valence electrons. The Labute approximate surface area is 105 Å². The maximum absolute atomic E-state index is 12.6. The Balaban J connectivity index is 2.14. The average molecular weight is 257 g/mol. The molecule has 1 nitrogen and oxygen atoms in total. The number of hydrogen-bond donors (Lipinski definition) is 1. The van der Waals surface area contributed by atoms with Crippen LogP contribution in [0.25, 0.3) is 0 Å². The van der Waals surface area contributed by atoms with Crippen LogP contribution in [-0.2, 0) is 12.6 Å². The maximum Gasteiger partial charge on any atom is 0.416 e. The Morgan fingerprint density at radius 2 is 1.78 bits per heavy atom. The zero-order valence-electron chi connectivity index (χ0n) is 10.3. The van der Waals surface area contributed by atoms with Crippen LogP contribution in [0.15, 0.2) is 24.3 Å². The summed E-state index contributed by atoms with van der Waals surface area (Å²) in [5.74, 6) is 0. The minimum atomic E-state index is -4.27. The van der Waals surface area contributed by atoms with E-state index in [1.807, 2.05) is 0 Å². The van der Waals surface area contributed by atoms with Gasteiger partial charge in [0.2, 0.25) is 0 Å². The first-order valence-electron chi connectivity index (χ1n) is 6.34. The summed E-state index contributed by atoms with van der Waals surface area (Å²) in [6, 6.07) is 5.53. The maximum atomic E-state index is 12.6. The van der Waals surface area contributed by atoms with Crippen molar-refractivity contribution in [3.05, 3.63) is 35.4 Å². The molecule has 1 aromatic rings. The predicted octanol–water partition coefficient (Wildman–Crippen LogP) is 3.91. The van der Waals surface area contributed by atoms with E-state index >= 15 is 0 Å². The van der Waals surface area contributed by atoms with Crippen LogP contribution in [0, 0.1) is 0 Å². The van der Waals surface area contributed by atoms with Gasteiger partial charge in [0, 0.05) is 5.54 Å². The molecule has 1 saturated carbocycles. The van der Waals surface area contributed by atoms with Gasteiger partial charge in [0.1, 0.15) is 0 Å². The van der Waals surface area contributed by atoms with E-state index in [0.717, 1.165) is 31.7 Å². The fraction of sp³-hybridized carbons (Fsp3) is 0.571. The highest BCUT2D eigenvalue weighted by Crippen LogP contribution is 2.32. The van der Waals surface area contributed by atoms with Gasteiger partial charge in [-0.3, -0.25) is 0 Å². The van der Waals surface area contributed by atoms with Crippen LogP contribution < -0.4 is 5.73 Å². The smallest absolute Gasteiger partial charge is 0.325 e. The molecule has 2 rings (SSSR count). The number of alkyl halides is 3.